The zero-order valence-corrected chi connectivity index (χ0v) is 11.1. The molecule has 8 heteroatoms. The molecule has 84 valence electrons. The minimum absolute atomic E-state index is 0.194. The second kappa shape index (κ2) is 4.75. The molecule has 0 radical (unpaired) electrons. The van der Waals surface area contributed by atoms with Gasteiger partial charge in [-0.05, 0) is 12.1 Å². The maximum atomic E-state index is 13.2. The second-order valence-electron chi connectivity index (χ2n) is 2.57. The van der Waals surface area contributed by atoms with E-state index in [1.54, 1.807) is 4.72 Å². The van der Waals surface area contributed by atoms with E-state index in [0.29, 0.717) is 0 Å². The largest absolute Gasteiger partial charge is 0.277 e. The van der Waals surface area contributed by atoms with Crippen molar-refractivity contribution in [1.82, 2.24) is 0 Å². The monoisotopic (exact) mass is 363 g/mol. The van der Waals surface area contributed by atoms with Gasteiger partial charge in [0.1, 0.15) is 10.3 Å². The summed E-state index contributed by atoms with van der Waals surface area (Å²) in [6, 6.07) is 1.93. The van der Waals surface area contributed by atoms with Crippen molar-refractivity contribution in [2.45, 2.75) is 0 Å². The van der Waals surface area contributed by atoms with Crippen LogP contribution in [0.25, 0.3) is 0 Å². The molecule has 15 heavy (non-hydrogen) atoms. The predicted octanol–water partition coefficient (Wildman–Crippen LogP) is 2.82. The number of hydrogen-bond donors (Lipinski definition) is 1. The molecule has 0 atom stereocenters. The van der Waals surface area contributed by atoms with Crippen molar-refractivity contribution in [2.75, 3.05) is 9.38 Å². The highest BCUT2D eigenvalue weighted by molar-refractivity contribution is 9.11. The van der Waals surface area contributed by atoms with E-state index in [1.165, 1.54) is 0 Å². The van der Waals surface area contributed by atoms with Gasteiger partial charge in [0.05, 0.1) is 0 Å². The average molecular weight is 365 g/mol. The number of sulfonamides is 1. The molecule has 0 unspecified atom stereocenters. The van der Waals surface area contributed by atoms with E-state index in [9.17, 15) is 17.2 Å². The Morgan fingerprint density at radius 3 is 2.13 bits per heavy atom. The third-order valence-electron chi connectivity index (χ3n) is 1.41. The van der Waals surface area contributed by atoms with Crippen LogP contribution in [-0.2, 0) is 10.0 Å². The van der Waals surface area contributed by atoms with E-state index in [0.717, 1.165) is 12.1 Å². The molecule has 1 aromatic rings. The van der Waals surface area contributed by atoms with Gasteiger partial charge in [-0.25, -0.2) is 17.2 Å². The fourth-order valence-corrected chi connectivity index (χ4v) is 2.13. The first-order chi connectivity index (χ1) is 6.85. The maximum absolute atomic E-state index is 13.2. The van der Waals surface area contributed by atoms with E-state index in [4.69, 9.17) is 0 Å². The number of alkyl halides is 1. The summed E-state index contributed by atoms with van der Waals surface area (Å²) >= 11 is 5.56. The summed E-state index contributed by atoms with van der Waals surface area (Å²) in [5, 5.41) is 0. The Bertz CT molecular complexity index is 455. The second-order valence-corrected chi connectivity index (χ2v) is 6.51. The number of nitrogens with one attached hydrogen (secondary N) is 1. The molecule has 0 saturated carbocycles. The van der Waals surface area contributed by atoms with Crippen molar-refractivity contribution >= 4 is 47.6 Å². The SMILES string of the molecule is O=S(=O)(CBr)Nc1c(F)cc(Br)cc1F. The molecule has 0 bridgehead atoms. The maximum Gasteiger partial charge on any atom is 0.242 e. The van der Waals surface area contributed by atoms with E-state index >= 15 is 0 Å². The van der Waals surface area contributed by atoms with Crippen LogP contribution in [0.4, 0.5) is 14.5 Å². The molecule has 0 spiro atoms. The normalized spacial score (nSPS) is 11.5. The van der Waals surface area contributed by atoms with Crippen LogP contribution in [0.5, 0.6) is 0 Å². The van der Waals surface area contributed by atoms with Crippen molar-refractivity contribution < 1.29 is 17.2 Å². The summed E-state index contributed by atoms with van der Waals surface area (Å²) in [5.41, 5.74) is -0.683. The third-order valence-corrected chi connectivity index (χ3v) is 4.48. The molecule has 0 heterocycles. The Hall–Kier alpha value is -0.210. The fraction of sp³-hybridized carbons (Fsp3) is 0.143. The molecular formula is C7H5Br2F2NO2S. The van der Waals surface area contributed by atoms with Crippen LogP contribution in [0.2, 0.25) is 0 Å². The van der Waals surface area contributed by atoms with Gasteiger partial charge in [-0.3, -0.25) is 4.72 Å². The van der Waals surface area contributed by atoms with Crippen LogP contribution in [-0.4, -0.2) is 13.1 Å². The number of benzene rings is 1. The Morgan fingerprint density at radius 2 is 1.73 bits per heavy atom. The predicted molar refractivity (Wildman–Crippen MR) is 60.4 cm³/mol. The van der Waals surface area contributed by atoms with Crippen LogP contribution < -0.4 is 4.72 Å². The van der Waals surface area contributed by atoms with Crippen molar-refractivity contribution in [1.29, 1.82) is 0 Å². The van der Waals surface area contributed by atoms with Gasteiger partial charge in [0, 0.05) is 4.47 Å². The van der Waals surface area contributed by atoms with Crippen LogP contribution in [0, 0.1) is 11.6 Å². The standard InChI is InChI=1S/C7H5Br2F2NO2S/c8-3-15(13,14)12-7-5(10)1-4(9)2-6(7)11/h1-2,12H,3H2. The van der Waals surface area contributed by atoms with Gasteiger partial charge < -0.3 is 0 Å². The molecule has 0 aromatic heterocycles. The fourth-order valence-electron chi connectivity index (χ4n) is 0.822. The summed E-state index contributed by atoms with van der Waals surface area (Å²) in [7, 11) is -3.76. The highest BCUT2D eigenvalue weighted by Gasteiger charge is 2.16. The number of halogens is 4. The quantitative estimate of drug-likeness (QED) is 0.838. The van der Waals surface area contributed by atoms with E-state index in [-0.39, 0.29) is 4.47 Å². The van der Waals surface area contributed by atoms with E-state index in [1.807, 2.05) is 0 Å². The van der Waals surface area contributed by atoms with Gasteiger partial charge in [0.25, 0.3) is 0 Å². The molecule has 0 aliphatic heterocycles. The highest BCUT2D eigenvalue weighted by Crippen LogP contribution is 2.24. The zero-order valence-electron chi connectivity index (χ0n) is 7.10. The highest BCUT2D eigenvalue weighted by atomic mass is 79.9. The molecule has 0 fully saturated rings. The minimum atomic E-state index is -3.76. The Kier molecular flexibility index (Phi) is 4.07. The lowest BCUT2D eigenvalue weighted by Crippen LogP contribution is -2.15. The smallest absolute Gasteiger partial charge is 0.242 e. The van der Waals surface area contributed by atoms with Gasteiger partial charge in [-0.1, -0.05) is 31.9 Å². The zero-order chi connectivity index (χ0) is 11.6. The first kappa shape index (κ1) is 12.9. The van der Waals surface area contributed by atoms with Gasteiger partial charge >= 0.3 is 0 Å². The van der Waals surface area contributed by atoms with Crippen LogP contribution in [0.1, 0.15) is 0 Å². The lowest BCUT2D eigenvalue weighted by molar-refractivity contribution is 0.583. The molecule has 0 aliphatic carbocycles. The van der Waals surface area contributed by atoms with Crippen molar-refractivity contribution in [3.05, 3.63) is 28.2 Å². The Labute approximate surface area is 102 Å². The van der Waals surface area contributed by atoms with Crippen LogP contribution in [0.3, 0.4) is 0 Å². The van der Waals surface area contributed by atoms with Crippen LogP contribution in [0.15, 0.2) is 16.6 Å². The lowest BCUT2D eigenvalue weighted by Gasteiger charge is -2.07. The summed E-state index contributed by atoms with van der Waals surface area (Å²) < 4.78 is 50.0. The summed E-state index contributed by atoms with van der Waals surface area (Å²) in [6.07, 6.45) is 0. The molecule has 1 rings (SSSR count). The van der Waals surface area contributed by atoms with Crippen molar-refractivity contribution in [3.8, 4) is 0 Å². The number of anilines is 1. The first-order valence-corrected chi connectivity index (χ1v) is 7.13. The topological polar surface area (TPSA) is 46.2 Å². The van der Waals surface area contributed by atoms with Gasteiger partial charge in [-0.2, -0.15) is 0 Å². The van der Waals surface area contributed by atoms with E-state index in [2.05, 4.69) is 31.9 Å². The van der Waals surface area contributed by atoms with Gasteiger partial charge in [0.2, 0.25) is 10.0 Å². The molecule has 0 saturated heterocycles. The van der Waals surface area contributed by atoms with E-state index < -0.39 is 32.0 Å². The minimum Gasteiger partial charge on any atom is -0.277 e. The van der Waals surface area contributed by atoms with Crippen molar-refractivity contribution in [2.24, 2.45) is 0 Å². The molecule has 0 aliphatic rings. The lowest BCUT2D eigenvalue weighted by atomic mass is 10.3. The first-order valence-electron chi connectivity index (χ1n) is 3.57. The summed E-state index contributed by atoms with van der Waals surface area (Å²) in [4.78, 5) is 0. The average Bonchev–Trinajstić information content (AvgIpc) is 2.11. The number of rotatable bonds is 3. The van der Waals surface area contributed by atoms with Crippen molar-refractivity contribution in [3.63, 3.8) is 0 Å². The summed E-state index contributed by atoms with van der Waals surface area (Å²) in [6.45, 7) is 0. The number of hydrogen-bond acceptors (Lipinski definition) is 2. The van der Waals surface area contributed by atoms with Crippen LogP contribution >= 0.6 is 31.9 Å². The summed E-state index contributed by atoms with van der Waals surface area (Å²) in [5.74, 6) is -1.96. The third kappa shape index (κ3) is 3.39. The Balaban J connectivity index is 3.17. The molecule has 0 amide bonds. The molecule has 1 aromatic carbocycles. The molecule has 3 nitrogen and oxygen atoms in total. The molecular weight excluding hydrogens is 360 g/mol. The van der Waals surface area contributed by atoms with Gasteiger partial charge in [-0.15, -0.1) is 0 Å². The molecule has 1 N–H and O–H groups in total. The van der Waals surface area contributed by atoms with Gasteiger partial charge in [0.15, 0.2) is 11.6 Å². The Morgan fingerprint density at radius 1 is 1.27 bits per heavy atom.